The first-order valence-electron chi connectivity index (χ1n) is 6.46. The molecule has 0 saturated heterocycles. The van der Waals surface area contributed by atoms with Gasteiger partial charge in [0.2, 0.25) is 0 Å². The number of rotatable bonds is 4. The van der Waals surface area contributed by atoms with Gasteiger partial charge in [-0.2, -0.15) is 0 Å². The molecule has 2 rings (SSSR count). The van der Waals surface area contributed by atoms with E-state index in [4.69, 9.17) is 0 Å². The van der Waals surface area contributed by atoms with Crippen molar-refractivity contribution in [3.8, 4) is 0 Å². The van der Waals surface area contributed by atoms with Gasteiger partial charge < -0.3 is 0 Å². The van der Waals surface area contributed by atoms with E-state index in [-0.39, 0.29) is 5.54 Å². The van der Waals surface area contributed by atoms with Gasteiger partial charge in [0.1, 0.15) is 0 Å². The van der Waals surface area contributed by atoms with Crippen LogP contribution in [-0.4, -0.2) is 5.54 Å². The second kappa shape index (κ2) is 5.33. The van der Waals surface area contributed by atoms with E-state index in [0.29, 0.717) is 0 Å². The lowest BCUT2D eigenvalue weighted by Crippen LogP contribution is -2.33. The van der Waals surface area contributed by atoms with Crippen molar-refractivity contribution in [1.29, 1.82) is 0 Å². The molecule has 2 aromatic rings. The number of benzene rings is 2. The molecule has 0 spiro atoms. The Labute approximate surface area is 114 Å². The van der Waals surface area contributed by atoms with E-state index < -0.39 is 0 Å². The molecule has 1 N–H and O–H groups in total. The fourth-order valence-corrected chi connectivity index (χ4v) is 2.73. The highest BCUT2D eigenvalue weighted by Gasteiger charge is 2.15. The van der Waals surface area contributed by atoms with Crippen LogP contribution in [0.3, 0.4) is 0 Å². The van der Waals surface area contributed by atoms with Crippen molar-refractivity contribution in [2.45, 2.75) is 44.6 Å². The predicted octanol–water partition coefficient (Wildman–Crippen LogP) is 4.93. The van der Waals surface area contributed by atoms with Crippen LogP contribution in [0.4, 0.5) is 0 Å². The van der Waals surface area contributed by atoms with Gasteiger partial charge in [-0.05, 0) is 61.5 Å². The fourth-order valence-electron chi connectivity index (χ4n) is 1.78. The topological polar surface area (TPSA) is 12.0 Å². The van der Waals surface area contributed by atoms with Crippen LogP contribution in [0.5, 0.6) is 0 Å². The number of hydrogen-bond donors (Lipinski definition) is 1. The Kier molecular flexibility index (Phi) is 3.98. The Bertz CT molecular complexity index is 546. The molecule has 2 heteroatoms. The molecular formula is C16H21NS. The van der Waals surface area contributed by atoms with Crippen LogP contribution in [0, 0.1) is 6.92 Å². The minimum atomic E-state index is 0.163. The van der Waals surface area contributed by atoms with Crippen LogP contribution in [-0.2, 0) is 0 Å². The Morgan fingerprint density at radius 1 is 1.06 bits per heavy atom. The molecule has 0 aliphatic heterocycles. The van der Waals surface area contributed by atoms with Crippen LogP contribution in [0.25, 0.3) is 10.8 Å². The van der Waals surface area contributed by atoms with Crippen molar-refractivity contribution in [2.75, 3.05) is 0 Å². The summed E-state index contributed by atoms with van der Waals surface area (Å²) in [7, 11) is 0. The van der Waals surface area contributed by atoms with Crippen molar-refractivity contribution in [3.05, 3.63) is 42.0 Å². The molecule has 0 aliphatic rings. The summed E-state index contributed by atoms with van der Waals surface area (Å²) in [6, 6.07) is 13.0. The lowest BCUT2D eigenvalue weighted by molar-refractivity contribution is 0.465. The maximum Gasteiger partial charge on any atom is 0.0306 e. The Balaban J connectivity index is 2.32. The molecule has 0 atom stereocenters. The molecule has 18 heavy (non-hydrogen) atoms. The molecule has 0 amide bonds. The standard InChI is InChI=1S/C16H21NS/c1-5-16(3,4)17-18-15-11-10-12(2)13-8-6-7-9-14(13)15/h6-11,17H,5H2,1-4H3. The van der Waals surface area contributed by atoms with Crippen LogP contribution < -0.4 is 4.72 Å². The molecule has 0 radical (unpaired) electrons. The van der Waals surface area contributed by atoms with E-state index in [2.05, 4.69) is 68.8 Å². The molecule has 0 heterocycles. The first-order valence-corrected chi connectivity index (χ1v) is 7.27. The van der Waals surface area contributed by atoms with Gasteiger partial charge in [-0.3, -0.25) is 4.72 Å². The van der Waals surface area contributed by atoms with E-state index in [1.54, 1.807) is 11.9 Å². The minimum Gasteiger partial charge on any atom is -0.254 e. The second-order valence-electron chi connectivity index (χ2n) is 5.37. The Morgan fingerprint density at radius 3 is 2.39 bits per heavy atom. The molecule has 0 aromatic heterocycles. The van der Waals surface area contributed by atoms with Gasteiger partial charge in [0.15, 0.2) is 0 Å². The minimum absolute atomic E-state index is 0.163. The molecule has 0 bridgehead atoms. The monoisotopic (exact) mass is 259 g/mol. The lowest BCUT2D eigenvalue weighted by atomic mass is 10.0. The third-order valence-electron chi connectivity index (χ3n) is 3.42. The highest BCUT2D eigenvalue weighted by molar-refractivity contribution is 7.97. The first-order chi connectivity index (χ1) is 8.53. The third kappa shape index (κ3) is 2.88. The van der Waals surface area contributed by atoms with Crippen molar-refractivity contribution in [3.63, 3.8) is 0 Å². The quantitative estimate of drug-likeness (QED) is 0.781. The number of aryl methyl sites for hydroxylation is 1. The van der Waals surface area contributed by atoms with Crippen molar-refractivity contribution in [2.24, 2.45) is 0 Å². The zero-order chi connectivity index (χ0) is 13.2. The van der Waals surface area contributed by atoms with Crippen LogP contribution in [0.1, 0.15) is 32.8 Å². The van der Waals surface area contributed by atoms with Gasteiger partial charge in [0.05, 0.1) is 0 Å². The van der Waals surface area contributed by atoms with Crippen LogP contribution in [0.15, 0.2) is 41.3 Å². The molecule has 2 aromatic carbocycles. The highest BCUT2D eigenvalue weighted by Crippen LogP contribution is 2.30. The van der Waals surface area contributed by atoms with Crippen LogP contribution in [0.2, 0.25) is 0 Å². The lowest BCUT2D eigenvalue weighted by Gasteiger charge is -2.24. The molecular weight excluding hydrogens is 238 g/mol. The van der Waals surface area contributed by atoms with Crippen molar-refractivity contribution >= 4 is 22.7 Å². The van der Waals surface area contributed by atoms with E-state index in [1.165, 1.54) is 21.2 Å². The Morgan fingerprint density at radius 2 is 1.72 bits per heavy atom. The third-order valence-corrected chi connectivity index (χ3v) is 4.65. The van der Waals surface area contributed by atoms with Gasteiger partial charge in [-0.15, -0.1) is 0 Å². The number of hydrogen-bond acceptors (Lipinski definition) is 2. The predicted molar refractivity (Wildman–Crippen MR) is 82.0 cm³/mol. The Hall–Kier alpha value is -0.990. The van der Waals surface area contributed by atoms with E-state index in [1.807, 2.05) is 0 Å². The maximum atomic E-state index is 3.55. The first kappa shape index (κ1) is 13.4. The summed E-state index contributed by atoms with van der Waals surface area (Å²) in [5, 5.41) is 2.68. The summed E-state index contributed by atoms with van der Waals surface area (Å²) in [5.74, 6) is 0. The summed E-state index contributed by atoms with van der Waals surface area (Å²) >= 11 is 1.74. The molecule has 0 saturated carbocycles. The summed E-state index contributed by atoms with van der Waals surface area (Å²) < 4.78 is 3.55. The van der Waals surface area contributed by atoms with Gasteiger partial charge >= 0.3 is 0 Å². The number of nitrogens with one attached hydrogen (secondary N) is 1. The zero-order valence-corrected chi connectivity index (χ0v) is 12.4. The second-order valence-corrected chi connectivity index (χ2v) is 6.22. The molecule has 1 nitrogen and oxygen atoms in total. The summed E-state index contributed by atoms with van der Waals surface area (Å²) in [6.07, 6.45) is 1.11. The SMILES string of the molecule is CCC(C)(C)NSc1ccc(C)c2ccccc12. The highest BCUT2D eigenvalue weighted by atomic mass is 32.2. The van der Waals surface area contributed by atoms with E-state index in [9.17, 15) is 0 Å². The van der Waals surface area contributed by atoms with Gasteiger partial charge in [-0.1, -0.05) is 37.3 Å². The normalized spacial score (nSPS) is 12.0. The van der Waals surface area contributed by atoms with Gasteiger partial charge in [0.25, 0.3) is 0 Å². The number of fused-ring (bicyclic) bond motifs is 1. The fraction of sp³-hybridized carbons (Fsp3) is 0.375. The van der Waals surface area contributed by atoms with E-state index in [0.717, 1.165) is 6.42 Å². The van der Waals surface area contributed by atoms with Crippen LogP contribution >= 0.6 is 11.9 Å². The molecule has 0 aliphatic carbocycles. The maximum absolute atomic E-state index is 3.55. The van der Waals surface area contributed by atoms with E-state index >= 15 is 0 Å². The van der Waals surface area contributed by atoms with Crippen molar-refractivity contribution in [1.82, 2.24) is 4.72 Å². The largest absolute Gasteiger partial charge is 0.254 e. The summed E-state index contributed by atoms with van der Waals surface area (Å²) in [6.45, 7) is 8.84. The van der Waals surface area contributed by atoms with Gasteiger partial charge in [-0.25, -0.2) is 0 Å². The zero-order valence-electron chi connectivity index (χ0n) is 11.6. The molecule has 0 unspecified atom stereocenters. The summed E-state index contributed by atoms with van der Waals surface area (Å²) in [4.78, 5) is 1.30. The molecule has 96 valence electrons. The smallest absolute Gasteiger partial charge is 0.0306 e. The average molecular weight is 259 g/mol. The van der Waals surface area contributed by atoms with Crippen molar-refractivity contribution < 1.29 is 0 Å². The average Bonchev–Trinajstić information content (AvgIpc) is 2.38. The summed E-state index contributed by atoms with van der Waals surface area (Å²) in [5.41, 5.74) is 1.50. The molecule has 0 fully saturated rings. The van der Waals surface area contributed by atoms with Gasteiger partial charge in [0, 0.05) is 10.4 Å².